The number of ketones is 1. The number of Topliss-reactive ketones (excluding diaryl/α,β-unsaturated/α-hetero) is 1. The lowest BCUT2D eigenvalue weighted by Crippen LogP contribution is -2.11. The molecule has 0 radical (unpaired) electrons. The van der Waals surface area contributed by atoms with Gasteiger partial charge in [-0.05, 0) is 25.1 Å². The van der Waals surface area contributed by atoms with Crippen molar-refractivity contribution in [1.82, 2.24) is 0 Å². The second kappa shape index (κ2) is 4.33. The largest absolute Gasteiger partial charge is 0.416 e. The van der Waals surface area contributed by atoms with Crippen LogP contribution in [0.4, 0.5) is 18.9 Å². The molecule has 0 saturated heterocycles. The van der Waals surface area contributed by atoms with Gasteiger partial charge in [0.1, 0.15) is 5.78 Å². The van der Waals surface area contributed by atoms with E-state index in [1.807, 2.05) is 0 Å². The predicted molar refractivity (Wildman–Crippen MR) is 50.6 cm³/mol. The third-order valence-electron chi connectivity index (χ3n) is 1.73. The summed E-state index contributed by atoms with van der Waals surface area (Å²) in [4.78, 5) is 10.6. The average molecular weight is 217 g/mol. The first-order chi connectivity index (χ1) is 6.89. The minimum Gasteiger partial charge on any atom is -0.378 e. The summed E-state index contributed by atoms with van der Waals surface area (Å²) in [7, 11) is 0. The molecule has 2 nitrogen and oxygen atoms in total. The van der Waals surface area contributed by atoms with Gasteiger partial charge in [0.05, 0.1) is 12.1 Å². The van der Waals surface area contributed by atoms with Crippen molar-refractivity contribution in [2.75, 3.05) is 11.9 Å². The smallest absolute Gasteiger partial charge is 0.378 e. The van der Waals surface area contributed by atoms with Crippen molar-refractivity contribution in [1.29, 1.82) is 0 Å². The summed E-state index contributed by atoms with van der Waals surface area (Å²) in [6, 6.07) is 4.74. The molecule has 5 heteroatoms. The fourth-order valence-corrected chi connectivity index (χ4v) is 1.03. The molecule has 1 rings (SSSR count). The van der Waals surface area contributed by atoms with Crippen molar-refractivity contribution in [3.05, 3.63) is 29.8 Å². The van der Waals surface area contributed by atoms with Gasteiger partial charge in [-0.1, -0.05) is 6.07 Å². The lowest BCUT2D eigenvalue weighted by molar-refractivity contribution is -0.137. The highest BCUT2D eigenvalue weighted by atomic mass is 19.4. The summed E-state index contributed by atoms with van der Waals surface area (Å²) < 4.78 is 36.8. The van der Waals surface area contributed by atoms with Gasteiger partial charge in [-0.25, -0.2) is 0 Å². The third-order valence-corrected chi connectivity index (χ3v) is 1.73. The van der Waals surface area contributed by atoms with Gasteiger partial charge in [0.2, 0.25) is 0 Å². The molecule has 0 saturated carbocycles. The van der Waals surface area contributed by atoms with Crippen LogP contribution in [-0.4, -0.2) is 12.3 Å². The zero-order valence-electron chi connectivity index (χ0n) is 8.06. The van der Waals surface area contributed by atoms with Crippen molar-refractivity contribution in [2.45, 2.75) is 13.1 Å². The Morgan fingerprint density at radius 1 is 1.40 bits per heavy atom. The van der Waals surface area contributed by atoms with Crippen LogP contribution in [0.15, 0.2) is 24.3 Å². The molecule has 0 aliphatic rings. The lowest BCUT2D eigenvalue weighted by Gasteiger charge is -2.09. The first kappa shape index (κ1) is 11.6. The number of nitrogens with one attached hydrogen (secondary N) is 1. The van der Waals surface area contributed by atoms with Crippen molar-refractivity contribution >= 4 is 11.5 Å². The Balaban J connectivity index is 2.79. The van der Waals surface area contributed by atoms with E-state index in [1.54, 1.807) is 0 Å². The molecular formula is C10H10F3NO. The Labute approximate surface area is 85.1 Å². The molecule has 0 spiro atoms. The highest BCUT2D eigenvalue weighted by Crippen LogP contribution is 2.30. The molecule has 1 N–H and O–H groups in total. The van der Waals surface area contributed by atoms with Gasteiger partial charge < -0.3 is 5.32 Å². The van der Waals surface area contributed by atoms with E-state index in [1.165, 1.54) is 19.1 Å². The van der Waals surface area contributed by atoms with Crippen LogP contribution in [-0.2, 0) is 11.0 Å². The highest BCUT2D eigenvalue weighted by Gasteiger charge is 2.30. The molecule has 0 aromatic heterocycles. The number of alkyl halides is 3. The fraction of sp³-hybridized carbons (Fsp3) is 0.300. The van der Waals surface area contributed by atoms with Crippen molar-refractivity contribution in [2.24, 2.45) is 0 Å². The second-order valence-electron chi connectivity index (χ2n) is 3.13. The standard InChI is InChI=1S/C10H10F3NO/c1-7(15)6-14-9-4-2-3-8(5-9)10(11,12)13/h2-5,14H,6H2,1H3. The molecule has 1 aromatic rings. The molecule has 0 aliphatic carbocycles. The number of hydrogen-bond acceptors (Lipinski definition) is 2. The van der Waals surface area contributed by atoms with Crippen LogP contribution >= 0.6 is 0 Å². The van der Waals surface area contributed by atoms with Gasteiger partial charge in [0.15, 0.2) is 0 Å². The SMILES string of the molecule is CC(=O)CNc1cccc(C(F)(F)F)c1. The van der Waals surface area contributed by atoms with Crippen LogP contribution in [0, 0.1) is 0 Å². The van der Waals surface area contributed by atoms with E-state index in [-0.39, 0.29) is 12.3 Å². The molecule has 0 aliphatic heterocycles. The molecule has 0 amide bonds. The Morgan fingerprint density at radius 2 is 2.07 bits per heavy atom. The second-order valence-corrected chi connectivity index (χ2v) is 3.13. The van der Waals surface area contributed by atoms with E-state index in [0.29, 0.717) is 5.69 Å². The topological polar surface area (TPSA) is 29.1 Å². The Hall–Kier alpha value is -1.52. The number of carbonyl (C=O) groups excluding carboxylic acids is 1. The van der Waals surface area contributed by atoms with Crippen molar-refractivity contribution in [3.8, 4) is 0 Å². The predicted octanol–water partition coefficient (Wildman–Crippen LogP) is 2.71. The van der Waals surface area contributed by atoms with Crippen LogP contribution in [0.2, 0.25) is 0 Å². The van der Waals surface area contributed by atoms with Crippen LogP contribution in [0.5, 0.6) is 0 Å². The Kier molecular flexibility index (Phi) is 3.34. The molecular weight excluding hydrogens is 207 g/mol. The van der Waals surface area contributed by atoms with Gasteiger partial charge in [-0.15, -0.1) is 0 Å². The maximum atomic E-state index is 12.3. The Bertz CT molecular complexity index is 360. The third kappa shape index (κ3) is 3.61. The van der Waals surface area contributed by atoms with E-state index < -0.39 is 11.7 Å². The molecule has 1 aromatic carbocycles. The number of halogens is 3. The molecule has 82 valence electrons. The number of hydrogen-bond donors (Lipinski definition) is 1. The van der Waals surface area contributed by atoms with E-state index >= 15 is 0 Å². The minimum atomic E-state index is -4.35. The molecule has 0 unspecified atom stereocenters. The van der Waals surface area contributed by atoms with E-state index in [4.69, 9.17) is 0 Å². The number of rotatable bonds is 3. The monoisotopic (exact) mass is 217 g/mol. The van der Waals surface area contributed by atoms with Gasteiger partial charge in [0.25, 0.3) is 0 Å². The van der Waals surface area contributed by atoms with E-state index in [2.05, 4.69) is 5.32 Å². The molecule has 15 heavy (non-hydrogen) atoms. The first-order valence-electron chi connectivity index (χ1n) is 4.30. The number of anilines is 1. The quantitative estimate of drug-likeness (QED) is 0.843. The molecule has 0 bridgehead atoms. The van der Waals surface area contributed by atoms with Gasteiger partial charge >= 0.3 is 6.18 Å². The number of carbonyl (C=O) groups is 1. The molecule has 0 atom stereocenters. The summed E-state index contributed by atoms with van der Waals surface area (Å²) in [6.07, 6.45) is -4.35. The highest BCUT2D eigenvalue weighted by molar-refractivity contribution is 5.80. The summed E-state index contributed by atoms with van der Waals surface area (Å²) >= 11 is 0. The van der Waals surface area contributed by atoms with Crippen LogP contribution in [0.3, 0.4) is 0 Å². The minimum absolute atomic E-state index is 0.0291. The van der Waals surface area contributed by atoms with E-state index in [0.717, 1.165) is 12.1 Å². The lowest BCUT2D eigenvalue weighted by atomic mass is 10.2. The van der Waals surface area contributed by atoms with Gasteiger partial charge in [-0.3, -0.25) is 4.79 Å². The average Bonchev–Trinajstić information content (AvgIpc) is 2.14. The molecule has 0 heterocycles. The summed E-state index contributed by atoms with van der Waals surface area (Å²) in [6.45, 7) is 1.39. The normalized spacial score (nSPS) is 11.2. The summed E-state index contributed by atoms with van der Waals surface area (Å²) in [5, 5.41) is 2.61. The van der Waals surface area contributed by atoms with Crippen molar-refractivity contribution < 1.29 is 18.0 Å². The first-order valence-corrected chi connectivity index (χ1v) is 4.30. The maximum absolute atomic E-state index is 12.3. The van der Waals surface area contributed by atoms with Gasteiger partial charge in [-0.2, -0.15) is 13.2 Å². The van der Waals surface area contributed by atoms with Crippen LogP contribution < -0.4 is 5.32 Å². The van der Waals surface area contributed by atoms with E-state index in [9.17, 15) is 18.0 Å². The summed E-state index contributed by atoms with van der Waals surface area (Å²) in [5.41, 5.74) is -0.434. The van der Waals surface area contributed by atoms with Crippen molar-refractivity contribution in [3.63, 3.8) is 0 Å². The zero-order valence-corrected chi connectivity index (χ0v) is 8.06. The summed E-state index contributed by atoms with van der Waals surface area (Å²) in [5.74, 6) is -0.132. The molecule has 0 fully saturated rings. The van der Waals surface area contributed by atoms with Gasteiger partial charge in [0, 0.05) is 5.69 Å². The number of benzene rings is 1. The Morgan fingerprint density at radius 3 is 2.60 bits per heavy atom. The maximum Gasteiger partial charge on any atom is 0.416 e. The van der Waals surface area contributed by atoms with Crippen LogP contribution in [0.25, 0.3) is 0 Å². The van der Waals surface area contributed by atoms with Crippen LogP contribution in [0.1, 0.15) is 12.5 Å². The fourth-order valence-electron chi connectivity index (χ4n) is 1.03. The zero-order chi connectivity index (χ0) is 11.5.